The minimum atomic E-state index is -0.443. The van der Waals surface area contributed by atoms with Crippen molar-refractivity contribution in [1.29, 1.82) is 0 Å². The van der Waals surface area contributed by atoms with Crippen molar-refractivity contribution in [2.45, 2.75) is 6.42 Å². The Morgan fingerprint density at radius 2 is 1.94 bits per heavy atom. The standard InChI is InChI=1S/C12H18N2O2/c1-13-12(15)16-11-6-4-10(5-7-11)8-9-14(2)3/h4-7H,8-9H2,1-3H3,(H,13,15). The van der Waals surface area contributed by atoms with E-state index in [2.05, 4.69) is 10.2 Å². The number of rotatable bonds is 4. The summed E-state index contributed by atoms with van der Waals surface area (Å²) in [5.74, 6) is 0.563. The molecule has 0 spiro atoms. The summed E-state index contributed by atoms with van der Waals surface area (Å²) in [6.45, 7) is 1.01. The van der Waals surface area contributed by atoms with Crippen LogP contribution in [0.15, 0.2) is 24.3 Å². The molecule has 0 unspecified atom stereocenters. The van der Waals surface area contributed by atoms with Crippen LogP contribution in [-0.2, 0) is 6.42 Å². The first-order valence-corrected chi connectivity index (χ1v) is 5.25. The minimum absolute atomic E-state index is 0.443. The summed E-state index contributed by atoms with van der Waals surface area (Å²) in [4.78, 5) is 13.1. The molecule has 16 heavy (non-hydrogen) atoms. The van der Waals surface area contributed by atoms with Crippen LogP contribution in [0.3, 0.4) is 0 Å². The second-order valence-electron chi connectivity index (χ2n) is 3.84. The van der Waals surface area contributed by atoms with Crippen LogP contribution in [0, 0.1) is 0 Å². The van der Waals surface area contributed by atoms with Crippen LogP contribution in [0.25, 0.3) is 0 Å². The molecule has 4 heteroatoms. The van der Waals surface area contributed by atoms with Gasteiger partial charge in [0.1, 0.15) is 5.75 Å². The molecule has 1 aromatic rings. The van der Waals surface area contributed by atoms with Gasteiger partial charge >= 0.3 is 6.09 Å². The number of nitrogens with zero attached hydrogens (tertiary/aromatic N) is 1. The molecule has 0 saturated heterocycles. The van der Waals surface area contributed by atoms with Gasteiger partial charge in [-0.2, -0.15) is 0 Å². The molecule has 0 saturated carbocycles. The van der Waals surface area contributed by atoms with Gasteiger partial charge in [0.2, 0.25) is 0 Å². The van der Waals surface area contributed by atoms with Crippen molar-refractivity contribution in [2.24, 2.45) is 0 Å². The Balaban J connectivity index is 2.51. The fourth-order valence-electron chi connectivity index (χ4n) is 1.23. The Morgan fingerprint density at radius 1 is 1.31 bits per heavy atom. The molecule has 88 valence electrons. The zero-order valence-electron chi connectivity index (χ0n) is 9.99. The lowest BCUT2D eigenvalue weighted by molar-refractivity contribution is 0.203. The Hall–Kier alpha value is -1.55. The van der Waals surface area contributed by atoms with Crippen molar-refractivity contribution >= 4 is 6.09 Å². The third-order valence-electron chi connectivity index (χ3n) is 2.19. The average Bonchev–Trinajstić information content (AvgIpc) is 2.28. The highest BCUT2D eigenvalue weighted by molar-refractivity contribution is 5.69. The number of hydrogen-bond donors (Lipinski definition) is 1. The van der Waals surface area contributed by atoms with E-state index in [-0.39, 0.29) is 0 Å². The SMILES string of the molecule is CNC(=O)Oc1ccc(CCN(C)C)cc1. The summed E-state index contributed by atoms with van der Waals surface area (Å²) < 4.78 is 4.98. The van der Waals surface area contributed by atoms with Gasteiger partial charge in [0.05, 0.1) is 0 Å². The summed E-state index contributed by atoms with van der Waals surface area (Å²) in [7, 11) is 5.62. The van der Waals surface area contributed by atoms with Crippen LogP contribution < -0.4 is 10.1 Å². The molecule has 0 heterocycles. The fraction of sp³-hybridized carbons (Fsp3) is 0.417. The second-order valence-corrected chi connectivity index (χ2v) is 3.84. The molecule has 0 aliphatic carbocycles. The summed E-state index contributed by atoms with van der Waals surface area (Å²) >= 11 is 0. The highest BCUT2D eigenvalue weighted by Crippen LogP contribution is 2.12. The monoisotopic (exact) mass is 222 g/mol. The Labute approximate surface area is 96.2 Å². The maximum atomic E-state index is 10.9. The Kier molecular flexibility index (Phi) is 4.79. The summed E-state index contributed by atoms with van der Waals surface area (Å²) in [6, 6.07) is 7.56. The number of carbonyl (C=O) groups is 1. The molecule has 1 amide bonds. The van der Waals surface area contributed by atoms with Crippen LogP contribution in [-0.4, -0.2) is 38.7 Å². The molecule has 0 fully saturated rings. The predicted molar refractivity (Wildman–Crippen MR) is 63.8 cm³/mol. The van der Waals surface area contributed by atoms with E-state index in [4.69, 9.17) is 4.74 Å². The van der Waals surface area contributed by atoms with Gasteiger partial charge in [0, 0.05) is 13.6 Å². The Bertz CT molecular complexity index is 333. The van der Waals surface area contributed by atoms with E-state index in [1.54, 1.807) is 12.1 Å². The van der Waals surface area contributed by atoms with Crippen LogP contribution in [0.2, 0.25) is 0 Å². The maximum Gasteiger partial charge on any atom is 0.412 e. The molecule has 0 atom stereocenters. The normalized spacial score (nSPS) is 10.2. The number of hydrogen-bond acceptors (Lipinski definition) is 3. The first-order chi connectivity index (χ1) is 7.61. The van der Waals surface area contributed by atoms with E-state index >= 15 is 0 Å². The lowest BCUT2D eigenvalue weighted by Gasteiger charge is -2.09. The fourth-order valence-corrected chi connectivity index (χ4v) is 1.23. The molecule has 0 aromatic heterocycles. The highest BCUT2D eigenvalue weighted by atomic mass is 16.5. The van der Waals surface area contributed by atoms with E-state index in [0.717, 1.165) is 13.0 Å². The number of amides is 1. The van der Waals surface area contributed by atoms with Gasteiger partial charge in [0.25, 0.3) is 0 Å². The number of nitrogens with one attached hydrogen (secondary N) is 1. The molecular weight excluding hydrogens is 204 g/mol. The summed E-state index contributed by atoms with van der Waals surface area (Å²) in [5.41, 5.74) is 1.23. The molecule has 1 rings (SSSR count). The van der Waals surface area contributed by atoms with E-state index in [0.29, 0.717) is 5.75 Å². The Morgan fingerprint density at radius 3 is 2.44 bits per heavy atom. The number of ether oxygens (including phenoxy) is 1. The lowest BCUT2D eigenvalue weighted by atomic mass is 10.1. The zero-order chi connectivity index (χ0) is 12.0. The quantitative estimate of drug-likeness (QED) is 0.839. The van der Waals surface area contributed by atoms with Gasteiger partial charge in [-0.1, -0.05) is 12.1 Å². The molecule has 1 N–H and O–H groups in total. The minimum Gasteiger partial charge on any atom is -0.410 e. The van der Waals surface area contributed by atoms with Crippen molar-refractivity contribution < 1.29 is 9.53 Å². The smallest absolute Gasteiger partial charge is 0.410 e. The van der Waals surface area contributed by atoms with Gasteiger partial charge in [-0.3, -0.25) is 0 Å². The van der Waals surface area contributed by atoms with Gasteiger partial charge < -0.3 is 15.0 Å². The molecule has 0 bridgehead atoms. The lowest BCUT2D eigenvalue weighted by Crippen LogP contribution is -2.22. The first-order valence-electron chi connectivity index (χ1n) is 5.25. The summed E-state index contributed by atoms with van der Waals surface area (Å²) in [6.07, 6.45) is 0.550. The van der Waals surface area contributed by atoms with Crippen molar-refractivity contribution in [1.82, 2.24) is 10.2 Å². The molecular formula is C12H18N2O2. The van der Waals surface area contributed by atoms with E-state index in [1.165, 1.54) is 12.6 Å². The van der Waals surface area contributed by atoms with Crippen molar-refractivity contribution in [3.05, 3.63) is 29.8 Å². The van der Waals surface area contributed by atoms with E-state index in [9.17, 15) is 4.79 Å². The largest absolute Gasteiger partial charge is 0.412 e. The van der Waals surface area contributed by atoms with E-state index < -0.39 is 6.09 Å². The van der Waals surface area contributed by atoms with Crippen molar-refractivity contribution in [2.75, 3.05) is 27.7 Å². The first kappa shape index (κ1) is 12.5. The highest BCUT2D eigenvalue weighted by Gasteiger charge is 2.01. The van der Waals surface area contributed by atoms with Crippen LogP contribution in [0.4, 0.5) is 4.79 Å². The second kappa shape index (κ2) is 6.12. The molecule has 4 nitrogen and oxygen atoms in total. The number of benzene rings is 1. The number of carbonyl (C=O) groups excluding carboxylic acids is 1. The van der Waals surface area contributed by atoms with Gasteiger partial charge in [-0.05, 0) is 38.2 Å². The maximum absolute atomic E-state index is 10.9. The van der Waals surface area contributed by atoms with Crippen molar-refractivity contribution in [3.8, 4) is 5.75 Å². The molecule has 0 radical (unpaired) electrons. The average molecular weight is 222 g/mol. The topological polar surface area (TPSA) is 41.6 Å². The molecule has 0 aliphatic heterocycles. The molecule has 0 aliphatic rings. The third-order valence-corrected chi connectivity index (χ3v) is 2.19. The van der Waals surface area contributed by atoms with E-state index in [1.807, 2.05) is 26.2 Å². The zero-order valence-corrected chi connectivity index (χ0v) is 9.99. The van der Waals surface area contributed by atoms with Crippen molar-refractivity contribution in [3.63, 3.8) is 0 Å². The van der Waals surface area contributed by atoms with Crippen LogP contribution in [0.5, 0.6) is 5.75 Å². The summed E-state index contributed by atoms with van der Waals surface area (Å²) in [5, 5.41) is 2.40. The predicted octanol–water partition coefficient (Wildman–Crippen LogP) is 1.51. The van der Waals surface area contributed by atoms with Gasteiger partial charge in [-0.15, -0.1) is 0 Å². The molecule has 1 aromatic carbocycles. The van der Waals surface area contributed by atoms with Gasteiger partial charge in [-0.25, -0.2) is 4.79 Å². The third kappa shape index (κ3) is 4.31. The van der Waals surface area contributed by atoms with Gasteiger partial charge in [0.15, 0.2) is 0 Å². The van der Waals surface area contributed by atoms with Crippen LogP contribution in [0.1, 0.15) is 5.56 Å². The number of likely N-dealkylation sites (N-methyl/N-ethyl adjacent to an activating group) is 1. The van der Waals surface area contributed by atoms with Crippen LogP contribution >= 0.6 is 0 Å².